The quantitative estimate of drug-likeness (QED) is 0.780. The Hall–Kier alpha value is -2.02. The van der Waals surface area contributed by atoms with Gasteiger partial charge >= 0.3 is 0 Å². The zero-order chi connectivity index (χ0) is 16.8. The van der Waals surface area contributed by atoms with Crippen molar-refractivity contribution in [2.24, 2.45) is 0 Å². The lowest BCUT2D eigenvalue weighted by molar-refractivity contribution is -0.127. The van der Waals surface area contributed by atoms with Crippen molar-refractivity contribution in [3.05, 3.63) is 24.3 Å². The molecule has 0 spiro atoms. The third-order valence-electron chi connectivity index (χ3n) is 4.70. The molecule has 2 saturated heterocycles. The van der Waals surface area contributed by atoms with Gasteiger partial charge in [0.15, 0.2) is 0 Å². The van der Waals surface area contributed by atoms with Crippen LogP contribution in [0, 0.1) is 0 Å². The lowest BCUT2D eigenvalue weighted by Gasteiger charge is -2.34. The first-order chi connectivity index (χ1) is 11.8. The van der Waals surface area contributed by atoms with E-state index >= 15 is 0 Å². The van der Waals surface area contributed by atoms with Gasteiger partial charge in [0.25, 0.3) is 5.91 Å². The van der Waals surface area contributed by atoms with Crippen molar-refractivity contribution in [2.75, 3.05) is 32.8 Å². The Kier molecular flexibility index (Phi) is 5.74. The minimum Gasteiger partial charge on any atom is -0.381 e. The molecule has 2 aliphatic rings. The van der Waals surface area contributed by atoms with Crippen LogP contribution >= 0.6 is 0 Å². The Morgan fingerprint density at radius 1 is 1.29 bits per heavy atom. The van der Waals surface area contributed by atoms with Crippen LogP contribution in [0.2, 0.25) is 0 Å². The maximum Gasteiger partial charge on any atom is 0.257 e. The van der Waals surface area contributed by atoms with E-state index in [2.05, 4.69) is 9.97 Å². The monoisotopic (exact) mass is 332 g/mol. The molecule has 0 N–H and O–H groups in total. The minimum atomic E-state index is -0.0322. The lowest BCUT2D eigenvalue weighted by Crippen LogP contribution is -2.44. The van der Waals surface area contributed by atoms with Crippen molar-refractivity contribution in [1.82, 2.24) is 19.8 Å². The molecule has 0 aromatic carbocycles. The van der Waals surface area contributed by atoms with E-state index in [1.165, 1.54) is 6.33 Å². The smallest absolute Gasteiger partial charge is 0.257 e. The summed E-state index contributed by atoms with van der Waals surface area (Å²) in [5, 5.41) is 0. The number of amides is 2. The van der Waals surface area contributed by atoms with E-state index < -0.39 is 0 Å². The van der Waals surface area contributed by atoms with Gasteiger partial charge in [-0.15, -0.1) is 0 Å². The summed E-state index contributed by atoms with van der Waals surface area (Å²) in [6.07, 6.45) is 8.64. The largest absolute Gasteiger partial charge is 0.381 e. The Bertz CT molecular complexity index is 560. The van der Waals surface area contributed by atoms with E-state index in [0.717, 1.165) is 38.8 Å². The molecule has 2 fully saturated rings. The number of hydrogen-bond acceptors (Lipinski definition) is 5. The van der Waals surface area contributed by atoms with Crippen molar-refractivity contribution in [1.29, 1.82) is 0 Å². The Morgan fingerprint density at radius 2 is 2.04 bits per heavy atom. The van der Waals surface area contributed by atoms with Crippen molar-refractivity contribution < 1.29 is 14.3 Å². The van der Waals surface area contributed by atoms with E-state index in [1.54, 1.807) is 12.4 Å². The number of carbonyl (C=O) groups is 2. The Balaban J connectivity index is 1.63. The highest BCUT2D eigenvalue weighted by molar-refractivity contribution is 5.93. The van der Waals surface area contributed by atoms with E-state index in [0.29, 0.717) is 31.7 Å². The number of nitrogens with zero attached hydrogens (tertiary/aromatic N) is 4. The van der Waals surface area contributed by atoms with Crippen LogP contribution in [-0.2, 0) is 9.53 Å². The molecule has 0 aliphatic carbocycles. The zero-order valence-corrected chi connectivity index (χ0v) is 13.9. The fourth-order valence-corrected chi connectivity index (χ4v) is 3.39. The first-order valence-corrected chi connectivity index (χ1v) is 8.67. The number of likely N-dealkylation sites (tertiary alicyclic amines) is 1. The second-order valence-electron chi connectivity index (χ2n) is 6.31. The van der Waals surface area contributed by atoms with Crippen LogP contribution in [-0.4, -0.2) is 70.5 Å². The van der Waals surface area contributed by atoms with Crippen LogP contribution in [0.3, 0.4) is 0 Å². The second kappa shape index (κ2) is 8.19. The van der Waals surface area contributed by atoms with Crippen molar-refractivity contribution in [2.45, 2.75) is 38.1 Å². The SMILES string of the molecule is O=C1CCCN1CCCN(C(=O)c1cncnc1)C1CCOCC1. The minimum absolute atomic E-state index is 0.0322. The van der Waals surface area contributed by atoms with Crippen LogP contribution in [0.15, 0.2) is 18.7 Å². The molecule has 0 atom stereocenters. The number of hydrogen-bond donors (Lipinski definition) is 0. The molecule has 3 rings (SSSR count). The van der Waals surface area contributed by atoms with Crippen LogP contribution in [0.5, 0.6) is 0 Å². The molecule has 24 heavy (non-hydrogen) atoms. The van der Waals surface area contributed by atoms with E-state index in [4.69, 9.17) is 4.74 Å². The molecule has 1 aromatic heterocycles. The Morgan fingerprint density at radius 3 is 2.71 bits per heavy atom. The third kappa shape index (κ3) is 4.08. The summed E-state index contributed by atoms with van der Waals surface area (Å²) >= 11 is 0. The molecule has 3 heterocycles. The summed E-state index contributed by atoms with van der Waals surface area (Å²) in [4.78, 5) is 36.3. The summed E-state index contributed by atoms with van der Waals surface area (Å²) < 4.78 is 5.42. The van der Waals surface area contributed by atoms with Gasteiger partial charge in [0.2, 0.25) is 5.91 Å². The van der Waals surface area contributed by atoms with Gasteiger partial charge in [-0.1, -0.05) is 0 Å². The second-order valence-corrected chi connectivity index (χ2v) is 6.31. The molecule has 7 nitrogen and oxygen atoms in total. The highest BCUT2D eigenvalue weighted by Gasteiger charge is 2.27. The van der Waals surface area contributed by atoms with Gasteiger partial charge < -0.3 is 14.5 Å². The van der Waals surface area contributed by atoms with Crippen LogP contribution in [0.25, 0.3) is 0 Å². The highest BCUT2D eigenvalue weighted by Crippen LogP contribution is 2.18. The molecule has 0 unspecified atom stereocenters. The zero-order valence-electron chi connectivity index (χ0n) is 13.9. The van der Waals surface area contributed by atoms with Gasteiger partial charge in [0.1, 0.15) is 6.33 Å². The topological polar surface area (TPSA) is 75.6 Å². The average Bonchev–Trinajstić information content (AvgIpc) is 3.05. The molecule has 7 heteroatoms. The van der Waals surface area contributed by atoms with Crippen molar-refractivity contribution in [3.8, 4) is 0 Å². The van der Waals surface area contributed by atoms with E-state index in [9.17, 15) is 9.59 Å². The Labute approximate surface area is 142 Å². The molecule has 2 aliphatic heterocycles. The predicted molar refractivity (Wildman–Crippen MR) is 87.3 cm³/mol. The van der Waals surface area contributed by atoms with Gasteiger partial charge in [0, 0.05) is 57.7 Å². The highest BCUT2D eigenvalue weighted by atomic mass is 16.5. The van der Waals surface area contributed by atoms with Gasteiger partial charge in [-0.2, -0.15) is 0 Å². The summed E-state index contributed by atoms with van der Waals surface area (Å²) in [7, 11) is 0. The maximum absolute atomic E-state index is 12.9. The molecular formula is C17H24N4O3. The fraction of sp³-hybridized carbons (Fsp3) is 0.647. The van der Waals surface area contributed by atoms with Gasteiger partial charge in [0.05, 0.1) is 5.56 Å². The summed E-state index contributed by atoms with van der Waals surface area (Å²) in [6, 6.07) is 0.181. The van der Waals surface area contributed by atoms with Crippen molar-refractivity contribution in [3.63, 3.8) is 0 Å². The fourth-order valence-electron chi connectivity index (χ4n) is 3.39. The third-order valence-corrected chi connectivity index (χ3v) is 4.70. The van der Waals surface area contributed by atoms with Gasteiger partial charge in [-0.25, -0.2) is 9.97 Å². The standard InChI is InChI=1S/C17H24N4O3/c22-16-3-1-6-20(16)7-2-8-21(15-4-9-24-10-5-15)17(23)14-11-18-13-19-12-14/h11-13,15H,1-10H2. The van der Waals surface area contributed by atoms with Gasteiger partial charge in [-0.3, -0.25) is 9.59 Å². The van der Waals surface area contributed by atoms with Crippen LogP contribution in [0.1, 0.15) is 42.5 Å². The predicted octanol–water partition coefficient (Wildman–Crippen LogP) is 1.11. The molecule has 130 valence electrons. The molecular weight excluding hydrogens is 308 g/mol. The molecule has 1 aromatic rings. The van der Waals surface area contributed by atoms with E-state index in [-0.39, 0.29) is 17.9 Å². The summed E-state index contributed by atoms with van der Waals surface area (Å²) in [5.41, 5.74) is 0.515. The first kappa shape index (κ1) is 16.8. The van der Waals surface area contributed by atoms with Crippen LogP contribution in [0.4, 0.5) is 0 Å². The molecule has 2 amide bonds. The number of carbonyl (C=O) groups excluding carboxylic acids is 2. The summed E-state index contributed by atoms with van der Waals surface area (Å²) in [6.45, 7) is 3.57. The normalized spacial score (nSPS) is 18.8. The first-order valence-electron chi connectivity index (χ1n) is 8.67. The molecule has 0 bridgehead atoms. The molecule has 0 radical (unpaired) electrons. The van der Waals surface area contributed by atoms with Crippen molar-refractivity contribution >= 4 is 11.8 Å². The van der Waals surface area contributed by atoms with E-state index in [1.807, 2.05) is 9.80 Å². The maximum atomic E-state index is 12.9. The average molecular weight is 332 g/mol. The number of ether oxygens (including phenoxy) is 1. The van der Waals surface area contributed by atoms with Crippen LogP contribution < -0.4 is 0 Å². The van der Waals surface area contributed by atoms with Gasteiger partial charge in [-0.05, 0) is 25.7 Å². The number of rotatable bonds is 6. The summed E-state index contributed by atoms with van der Waals surface area (Å²) in [5.74, 6) is 0.200. The number of aromatic nitrogens is 2. The lowest BCUT2D eigenvalue weighted by atomic mass is 10.1. The molecule has 0 saturated carbocycles.